The maximum Gasteiger partial charge on any atom is 0.221 e. The largest absolute Gasteiger partial charge is 0.356 e. The molecule has 0 aromatic heterocycles. The molecule has 76 valence electrons. The van der Waals surface area contributed by atoms with Gasteiger partial charge in [0.05, 0.1) is 0 Å². The molecule has 0 atom stereocenters. The van der Waals surface area contributed by atoms with E-state index in [2.05, 4.69) is 5.32 Å². The van der Waals surface area contributed by atoms with Gasteiger partial charge in [0.25, 0.3) is 0 Å². The lowest BCUT2D eigenvalue weighted by Gasteiger charge is -2.09. The van der Waals surface area contributed by atoms with E-state index in [1.165, 1.54) is 25.7 Å². The van der Waals surface area contributed by atoms with Crippen LogP contribution in [0.25, 0.3) is 0 Å². The average Bonchev–Trinajstić information content (AvgIpc) is 2.57. The van der Waals surface area contributed by atoms with Crippen LogP contribution in [0.15, 0.2) is 0 Å². The fraction of sp³-hybridized carbons (Fsp3) is 0.900. The van der Waals surface area contributed by atoms with Crippen molar-refractivity contribution in [2.75, 3.05) is 13.1 Å². The molecule has 0 radical (unpaired) electrons. The summed E-state index contributed by atoms with van der Waals surface area (Å²) in [6.07, 6.45) is 7.07. The molecule has 0 heterocycles. The van der Waals surface area contributed by atoms with E-state index >= 15 is 0 Å². The highest BCUT2D eigenvalue weighted by atomic mass is 16.1. The zero-order chi connectivity index (χ0) is 9.52. The highest BCUT2D eigenvalue weighted by molar-refractivity contribution is 5.75. The molecule has 0 bridgehead atoms. The van der Waals surface area contributed by atoms with Crippen molar-refractivity contribution in [1.29, 1.82) is 0 Å². The second-order valence-corrected chi connectivity index (χ2v) is 3.83. The van der Waals surface area contributed by atoms with Crippen molar-refractivity contribution in [2.24, 2.45) is 11.7 Å². The van der Waals surface area contributed by atoms with Gasteiger partial charge in [-0.05, 0) is 12.3 Å². The van der Waals surface area contributed by atoms with Crippen molar-refractivity contribution >= 4 is 5.91 Å². The van der Waals surface area contributed by atoms with E-state index in [-0.39, 0.29) is 5.91 Å². The summed E-state index contributed by atoms with van der Waals surface area (Å²) in [7, 11) is 0. The van der Waals surface area contributed by atoms with Gasteiger partial charge in [-0.1, -0.05) is 25.7 Å². The number of amides is 1. The summed E-state index contributed by atoms with van der Waals surface area (Å²) in [6, 6.07) is 0. The van der Waals surface area contributed by atoms with Gasteiger partial charge in [-0.25, -0.2) is 0 Å². The number of hydrogen-bond donors (Lipinski definition) is 2. The van der Waals surface area contributed by atoms with Gasteiger partial charge in [-0.15, -0.1) is 0 Å². The SMILES string of the molecule is NCCC(=O)NCCC1CCCC1. The molecule has 13 heavy (non-hydrogen) atoms. The Kier molecular flexibility index (Phi) is 4.83. The molecule has 1 rings (SSSR count). The molecule has 0 aromatic carbocycles. The second kappa shape index (κ2) is 5.97. The molecule has 1 aliphatic carbocycles. The molecule has 3 heteroatoms. The van der Waals surface area contributed by atoms with Gasteiger partial charge in [-0.3, -0.25) is 4.79 Å². The van der Waals surface area contributed by atoms with Crippen molar-refractivity contribution in [3.8, 4) is 0 Å². The quantitative estimate of drug-likeness (QED) is 0.670. The number of nitrogens with one attached hydrogen (secondary N) is 1. The minimum Gasteiger partial charge on any atom is -0.356 e. The normalized spacial score (nSPS) is 17.6. The Morgan fingerprint density at radius 3 is 2.69 bits per heavy atom. The molecule has 3 N–H and O–H groups in total. The number of hydrogen-bond acceptors (Lipinski definition) is 2. The third-order valence-corrected chi connectivity index (χ3v) is 2.72. The first kappa shape index (κ1) is 10.5. The zero-order valence-electron chi connectivity index (χ0n) is 8.22. The van der Waals surface area contributed by atoms with Crippen LogP contribution in [0, 0.1) is 5.92 Å². The summed E-state index contributed by atoms with van der Waals surface area (Å²) in [6.45, 7) is 1.29. The first-order valence-corrected chi connectivity index (χ1v) is 5.29. The van der Waals surface area contributed by atoms with Crippen LogP contribution in [0.4, 0.5) is 0 Å². The molecule has 0 aromatic rings. The minimum absolute atomic E-state index is 0.0977. The molecule has 0 spiro atoms. The van der Waals surface area contributed by atoms with Crippen LogP contribution >= 0.6 is 0 Å². The highest BCUT2D eigenvalue weighted by Gasteiger charge is 2.14. The summed E-state index contributed by atoms with van der Waals surface area (Å²) in [5.74, 6) is 0.957. The summed E-state index contributed by atoms with van der Waals surface area (Å²) in [5, 5.41) is 2.89. The standard InChI is InChI=1S/C10H20N2O/c11-7-5-10(13)12-8-6-9-3-1-2-4-9/h9H,1-8,11H2,(H,12,13). The first-order valence-electron chi connectivity index (χ1n) is 5.29. The van der Waals surface area contributed by atoms with Crippen molar-refractivity contribution < 1.29 is 4.79 Å². The fourth-order valence-electron chi connectivity index (χ4n) is 1.93. The predicted molar refractivity (Wildman–Crippen MR) is 53.3 cm³/mol. The lowest BCUT2D eigenvalue weighted by molar-refractivity contribution is -0.120. The Hall–Kier alpha value is -0.570. The Labute approximate surface area is 80.1 Å². The van der Waals surface area contributed by atoms with Gasteiger partial charge in [0, 0.05) is 19.5 Å². The average molecular weight is 184 g/mol. The van der Waals surface area contributed by atoms with Crippen LogP contribution in [0.5, 0.6) is 0 Å². The van der Waals surface area contributed by atoms with Crippen LogP contribution in [0.1, 0.15) is 38.5 Å². The van der Waals surface area contributed by atoms with Gasteiger partial charge in [0.1, 0.15) is 0 Å². The summed E-state index contributed by atoms with van der Waals surface area (Å²) in [4.78, 5) is 11.0. The lowest BCUT2D eigenvalue weighted by atomic mass is 10.0. The van der Waals surface area contributed by atoms with Gasteiger partial charge in [-0.2, -0.15) is 0 Å². The molecule has 1 amide bonds. The summed E-state index contributed by atoms with van der Waals surface area (Å²) >= 11 is 0. The number of nitrogens with two attached hydrogens (primary N) is 1. The number of carbonyl (C=O) groups is 1. The summed E-state index contributed by atoms with van der Waals surface area (Å²) < 4.78 is 0. The van der Waals surface area contributed by atoms with Gasteiger partial charge in [0.15, 0.2) is 0 Å². The smallest absolute Gasteiger partial charge is 0.221 e. The highest BCUT2D eigenvalue weighted by Crippen LogP contribution is 2.26. The molecule has 1 saturated carbocycles. The number of rotatable bonds is 5. The third-order valence-electron chi connectivity index (χ3n) is 2.72. The van der Waals surface area contributed by atoms with Gasteiger partial charge in [0.2, 0.25) is 5.91 Å². The second-order valence-electron chi connectivity index (χ2n) is 3.83. The van der Waals surface area contributed by atoms with E-state index in [0.717, 1.165) is 18.9 Å². The fourth-order valence-corrected chi connectivity index (χ4v) is 1.93. The molecule has 0 saturated heterocycles. The minimum atomic E-state index is 0.0977. The van der Waals surface area contributed by atoms with Crippen LogP contribution in [0.2, 0.25) is 0 Å². The van der Waals surface area contributed by atoms with Crippen LogP contribution in [-0.4, -0.2) is 19.0 Å². The van der Waals surface area contributed by atoms with E-state index in [4.69, 9.17) is 5.73 Å². The molecule has 0 aliphatic heterocycles. The first-order chi connectivity index (χ1) is 6.33. The van der Waals surface area contributed by atoms with Crippen molar-refractivity contribution in [1.82, 2.24) is 5.32 Å². The summed E-state index contributed by atoms with van der Waals surface area (Å²) in [5.41, 5.74) is 5.26. The number of carbonyl (C=O) groups excluding carboxylic acids is 1. The van der Waals surface area contributed by atoms with E-state index in [1.54, 1.807) is 0 Å². The molecule has 1 aliphatic rings. The maximum atomic E-state index is 11.0. The van der Waals surface area contributed by atoms with Gasteiger partial charge >= 0.3 is 0 Å². The Bertz CT molecular complexity index is 153. The molecular weight excluding hydrogens is 164 g/mol. The third kappa shape index (κ3) is 4.27. The topological polar surface area (TPSA) is 55.1 Å². The molecule has 0 unspecified atom stereocenters. The Balaban J connectivity index is 1.96. The Morgan fingerprint density at radius 2 is 2.08 bits per heavy atom. The van der Waals surface area contributed by atoms with E-state index in [0.29, 0.717) is 13.0 Å². The van der Waals surface area contributed by atoms with E-state index in [1.807, 2.05) is 0 Å². The Morgan fingerprint density at radius 1 is 1.38 bits per heavy atom. The zero-order valence-corrected chi connectivity index (χ0v) is 8.22. The lowest BCUT2D eigenvalue weighted by Crippen LogP contribution is -2.27. The molecular formula is C10H20N2O. The van der Waals surface area contributed by atoms with Crippen LogP contribution in [-0.2, 0) is 4.79 Å². The monoisotopic (exact) mass is 184 g/mol. The predicted octanol–water partition coefficient (Wildman–Crippen LogP) is 1.03. The van der Waals surface area contributed by atoms with Gasteiger partial charge < -0.3 is 11.1 Å². The van der Waals surface area contributed by atoms with Crippen molar-refractivity contribution in [3.05, 3.63) is 0 Å². The van der Waals surface area contributed by atoms with E-state index in [9.17, 15) is 4.79 Å². The van der Waals surface area contributed by atoms with Crippen molar-refractivity contribution in [2.45, 2.75) is 38.5 Å². The molecule has 1 fully saturated rings. The molecule has 3 nitrogen and oxygen atoms in total. The van der Waals surface area contributed by atoms with E-state index < -0.39 is 0 Å². The maximum absolute atomic E-state index is 11.0. The van der Waals surface area contributed by atoms with Crippen LogP contribution in [0.3, 0.4) is 0 Å². The van der Waals surface area contributed by atoms with Crippen molar-refractivity contribution in [3.63, 3.8) is 0 Å². The van der Waals surface area contributed by atoms with Crippen LogP contribution < -0.4 is 11.1 Å².